The monoisotopic (exact) mass is 200 g/mol. The first-order valence-electron chi connectivity index (χ1n) is 6.01. The molecule has 0 aromatic heterocycles. The topological polar surface area (TPSA) is 0 Å². The molecule has 0 N–H and O–H groups in total. The Bertz CT molecular complexity index is 209. The average molecular weight is 200 g/mol. The van der Waals surface area contributed by atoms with Crippen LogP contribution in [0.25, 0.3) is 0 Å². The van der Waals surface area contributed by atoms with Gasteiger partial charge >= 0.3 is 83.3 Å². The van der Waals surface area contributed by atoms with Gasteiger partial charge in [-0.1, -0.05) is 0 Å². The van der Waals surface area contributed by atoms with Crippen LogP contribution >= 0.6 is 7.26 Å². The first-order chi connectivity index (χ1) is 6.01. The van der Waals surface area contributed by atoms with E-state index in [4.69, 9.17) is 0 Å². The maximum absolute atomic E-state index is 2.59. The molecule has 0 aromatic rings. The van der Waals surface area contributed by atoms with Crippen LogP contribution < -0.4 is 0 Å². The van der Waals surface area contributed by atoms with Crippen molar-refractivity contribution in [2.24, 2.45) is 11.8 Å². The van der Waals surface area contributed by atoms with Crippen molar-refractivity contribution in [1.29, 1.82) is 0 Å². The molecular weight excluding hydrogens is 175 g/mol. The molecule has 3 atom stereocenters. The minimum absolute atomic E-state index is 0.702. The Morgan fingerprint density at radius 1 is 1.38 bits per heavy atom. The molecule has 3 unspecified atom stereocenters. The molecule has 1 aliphatic heterocycles. The molecule has 0 radical (unpaired) electrons. The number of rotatable bonds is 4. The van der Waals surface area contributed by atoms with Gasteiger partial charge in [0.2, 0.25) is 0 Å². The van der Waals surface area contributed by atoms with E-state index in [0.29, 0.717) is 0 Å². The maximum atomic E-state index is 2.59. The van der Waals surface area contributed by atoms with Crippen LogP contribution in [0.3, 0.4) is 0 Å². The van der Waals surface area contributed by atoms with E-state index >= 15 is 0 Å². The summed E-state index contributed by atoms with van der Waals surface area (Å²) in [6, 6.07) is 0. The van der Waals surface area contributed by atoms with Crippen LogP contribution in [0.15, 0.2) is 0 Å². The van der Waals surface area contributed by atoms with Gasteiger partial charge < -0.3 is 0 Å². The third kappa shape index (κ3) is 1.67. The molecule has 1 heteroatoms. The molecule has 0 spiro atoms. The fourth-order valence-corrected chi connectivity index (χ4v) is 8.14. The van der Waals surface area contributed by atoms with E-state index < -0.39 is 7.26 Å². The number of hydrogen-bond donors (Lipinski definition) is 0. The van der Waals surface area contributed by atoms with E-state index in [0.717, 1.165) is 17.0 Å². The van der Waals surface area contributed by atoms with Crippen LogP contribution in [0.2, 0.25) is 0 Å². The Morgan fingerprint density at radius 2 is 1.92 bits per heavy atom. The Labute approximate surface area is 83.8 Å². The van der Waals surface area contributed by atoms with Gasteiger partial charge in [0.1, 0.15) is 0 Å². The molecular formula is C12H25P. The molecule has 0 nitrogen and oxygen atoms in total. The van der Waals surface area contributed by atoms with Gasteiger partial charge in [-0.15, -0.1) is 0 Å². The molecule has 0 bridgehead atoms. The van der Waals surface area contributed by atoms with Gasteiger partial charge in [-0.05, 0) is 0 Å². The van der Waals surface area contributed by atoms with Crippen molar-refractivity contribution in [1.82, 2.24) is 0 Å². The van der Waals surface area contributed by atoms with E-state index in [1.54, 1.807) is 19.0 Å². The molecule has 0 aromatic carbocycles. The summed E-state index contributed by atoms with van der Waals surface area (Å²) in [7, 11) is -0.702. The zero-order valence-electron chi connectivity index (χ0n) is 9.69. The van der Waals surface area contributed by atoms with E-state index in [1.165, 1.54) is 12.8 Å². The Balaban J connectivity index is 1.80. The van der Waals surface area contributed by atoms with Crippen molar-refractivity contribution in [3.63, 3.8) is 0 Å². The molecule has 2 rings (SSSR count). The predicted octanol–water partition coefficient (Wildman–Crippen LogP) is 3.59. The minimum atomic E-state index is -0.702. The molecule has 1 saturated carbocycles. The first kappa shape index (κ1) is 9.97. The van der Waals surface area contributed by atoms with E-state index in [9.17, 15) is 0 Å². The van der Waals surface area contributed by atoms with Crippen LogP contribution in [0.5, 0.6) is 0 Å². The van der Waals surface area contributed by atoms with Gasteiger partial charge in [-0.3, -0.25) is 0 Å². The predicted molar refractivity (Wildman–Crippen MR) is 64.6 cm³/mol. The quantitative estimate of drug-likeness (QED) is 0.608. The van der Waals surface area contributed by atoms with Crippen molar-refractivity contribution in [3.8, 4) is 0 Å². The number of hydrogen-bond acceptors (Lipinski definition) is 0. The third-order valence-corrected chi connectivity index (χ3v) is 9.82. The Hall–Kier alpha value is 0.430. The van der Waals surface area contributed by atoms with Gasteiger partial charge in [-0.2, -0.15) is 0 Å². The summed E-state index contributed by atoms with van der Waals surface area (Å²) in [5.41, 5.74) is 0. The van der Waals surface area contributed by atoms with E-state index in [-0.39, 0.29) is 0 Å². The van der Waals surface area contributed by atoms with Gasteiger partial charge in [0.15, 0.2) is 0 Å². The van der Waals surface area contributed by atoms with Crippen molar-refractivity contribution in [3.05, 3.63) is 0 Å². The Morgan fingerprint density at radius 3 is 2.23 bits per heavy atom. The van der Waals surface area contributed by atoms with Crippen molar-refractivity contribution in [2.75, 3.05) is 19.5 Å². The van der Waals surface area contributed by atoms with Gasteiger partial charge in [0.05, 0.1) is 0 Å². The second-order valence-electron chi connectivity index (χ2n) is 6.21. The molecule has 2 fully saturated rings. The van der Waals surface area contributed by atoms with Crippen LogP contribution in [0.4, 0.5) is 0 Å². The van der Waals surface area contributed by atoms with Crippen LogP contribution in [-0.2, 0) is 0 Å². The van der Waals surface area contributed by atoms with Gasteiger partial charge in [0, 0.05) is 0 Å². The molecule has 78 valence electrons. The second kappa shape index (κ2) is 2.96. The summed E-state index contributed by atoms with van der Waals surface area (Å²) >= 11 is 0. The molecule has 0 amide bonds. The van der Waals surface area contributed by atoms with Gasteiger partial charge in [0.25, 0.3) is 0 Å². The van der Waals surface area contributed by atoms with Gasteiger partial charge in [-0.25, -0.2) is 0 Å². The van der Waals surface area contributed by atoms with Crippen LogP contribution in [-0.4, -0.2) is 24.6 Å². The third-order valence-electron chi connectivity index (χ3n) is 5.04. The standard InChI is InChI=1S/C12H25P/c1-5-12(9-13(12,3)4)7-6-11-8-10(11)2/h10-11,13H,5-9H2,1-4H3. The average Bonchev–Trinajstić information content (AvgIpc) is 2.87. The Kier molecular flexibility index (Phi) is 2.27. The normalized spacial score (nSPS) is 48.6. The first-order valence-corrected chi connectivity index (χ1v) is 9.21. The summed E-state index contributed by atoms with van der Waals surface area (Å²) in [4.78, 5) is 0. The van der Waals surface area contributed by atoms with E-state index in [1.807, 2.05) is 0 Å². The summed E-state index contributed by atoms with van der Waals surface area (Å²) in [6.07, 6.45) is 7.73. The summed E-state index contributed by atoms with van der Waals surface area (Å²) in [5, 5.41) is 0.884. The van der Waals surface area contributed by atoms with Crippen molar-refractivity contribution in [2.45, 2.75) is 44.7 Å². The molecule has 13 heavy (non-hydrogen) atoms. The fraction of sp³-hybridized carbons (Fsp3) is 1.00. The molecule has 1 saturated heterocycles. The molecule has 1 heterocycles. The summed E-state index contributed by atoms with van der Waals surface area (Å²) in [6.45, 7) is 10.0. The van der Waals surface area contributed by atoms with Crippen LogP contribution in [0.1, 0.15) is 39.5 Å². The molecule has 1 aliphatic carbocycles. The zero-order chi connectivity index (χ0) is 9.69. The zero-order valence-corrected chi connectivity index (χ0v) is 10.7. The summed E-state index contributed by atoms with van der Waals surface area (Å²) in [5.74, 6) is 2.19. The SMILES string of the molecule is CCC1(CCC2CC2C)C[PH]1(C)C. The fourth-order valence-electron chi connectivity index (χ4n) is 3.27. The summed E-state index contributed by atoms with van der Waals surface area (Å²) < 4.78 is 0. The van der Waals surface area contributed by atoms with Crippen LogP contribution in [0, 0.1) is 11.8 Å². The van der Waals surface area contributed by atoms with Crippen molar-refractivity contribution >= 4 is 7.26 Å². The van der Waals surface area contributed by atoms with Crippen molar-refractivity contribution < 1.29 is 0 Å². The van der Waals surface area contributed by atoms with E-state index in [2.05, 4.69) is 27.2 Å². The second-order valence-corrected chi connectivity index (χ2v) is 11.4. The molecule has 2 aliphatic rings.